The number of hydrogen-bond acceptors (Lipinski definition) is 4. The second kappa shape index (κ2) is 5.27. The highest BCUT2D eigenvalue weighted by molar-refractivity contribution is 5.41. The van der Waals surface area contributed by atoms with E-state index in [-0.39, 0.29) is 17.1 Å². The van der Waals surface area contributed by atoms with Crippen molar-refractivity contribution in [3.05, 3.63) is 39.9 Å². The molecule has 0 bridgehead atoms. The molecular formula is C14H20N2O3. The van der Waals surface area contributed by atoms with E-state index in [1.54, 1.807) is 18.2 Å². The highest BCUT2D eigenvalue weighted by Gasteiger charge is 2.32. The molecule has 0 saturated carbocycles. The third-order valence-corrected chi connectivity index (χ3v) is 3.67. The number of nitrogens with zero attached hydrogens (tertiary/aromatic N) is 1. The summed E-state index contributed by atoms with van der Waals surface area (Å²) in [6.45, 7) is 5.27. The lowest BCUT2D eigenvalue weighted by atomic mass is 9.88. The minimum Gasteiger partial charge on any atom is -0.388 e. The molecule has 0 aliphatic carbocycles. The van der Waals surface area contributed by atoms with Crippen molar-refractivity contribution < 1.29 is 10.0 Å². The molecule has 2 atom stereocenters. The molecule has 1 aromatic carbocycles. The molecule has 0 radical (unpaired) electrons. The van der Waals surface area contributed by atoms with Crippen molar-refractivity contribution in [3.63, 3.8) is 0 Å². The van der Waals surface area contributed by atoms with Gasteiger partial charge in [0.2, 0.25) is 0 Å². The van der Waals surface area contributed by atoms with Crippen molar-refractivity contribution >= 4 is 5.69 Å². The van der Waals surface area contributed by atoms with Crippen LogP contribution in [0.15, 0.2) is 24.3 Å². The van der Waals surface area contributed by atoms with E-state index < -0.39 is 11.0 Å². The summed E-state index contributed by atoms with van der Waals surface area (Å²) >= 11 is 0. The van der Waals surface area contributed by atoms with Gasteiger partial charge >= 0.3 is 0 Å². The van der Waals surface area contributed by atoms with Crippen LogP contribution in [0.1, 0.15) is 38.4 Å². The maximum atomic E-state index is 10.9. The van der Waals surface area contributed by atoms with Crippen molar-refractivity contribution in [2.75, 3.05) is 6.54 Å². The van der Waals surface area contributed by atoms with Gasteiger partial charge in [-0.3, -0.25) is 10.1 Å². The third-order valence-electron chi connectivity index (χ3n) is 3.67. The summed E-state index contributed by atoms with van der Waals surface area (Å²) in [5, 5.41) is 24.5. The van der Waals surface area contributed by atoms with Crippen LogP contribution in [-0.2, 0) is 0 Å². The van der Waals surface area contributed by atoms with Crippen LogP contribution in [0.2, 0.25) is 0 Å². The number of rotatable bonds is 4. The van der Waals surface area contributed by atoms with Crippen LogP contribution in [0, 0.1) is 15.5 Å². The lowest BCUT2D eigenvalue weighted by Gasteiger charge is -2.18. The highest BCUT2D eigenvalue weighted by atomic mass is 16.6. The number of aliphatic hydroxyl groups is 1. The topological polar surface area (TPSA) is 75.4 Å². The van der Waals surface area contributed by atoms with Gasteiger partial charge in [0.05, 0.1) is 16.6 Å². The average Bonchev–Trinajstić information content (AvgIpc) is 2.68. The monoisotopic (exact) mass is 264 g/mol. The number of para-hydroxylation sites is 1. The van der Waals surface area contributed by atoms with Crippen molar-refractivity contribution in [1.29, 1.82) is 0 Å². The Balaban J connectivity index is 2.08. The van der Waals surface area contributed by atoms with Gasteiger partial charge < -0.3 is 10.4 Å². The summed E-state index contributed by atoms with van der Waals surface area (Å²) in [6.07, 6.45) is 0.687. The summed E-state index contributed by atoms with van der Waals surface area (Å²) in [4.78, 5) is 10.5. The van der Waals surface area contributed by atoms with E-state index >= 15 is 0 Å². The van der Waals surface area contributed by atoms with Crippen LogP contribution in [0.5, 0.6) is 0 Å². The minimum absolute atomic E-state index is 0.00717. The standard InChI is InChI=1S/C14H20N2O3/c1-14(2)8-10(15-9-14)7-13(17)11-5-3-4-6-12(11)16(18)19/h3-6,10,13,15,17H,7-9H2,1-2H3. The number of nitro groups is 1. The van der Waals surface area contributed by atoms with E-state index in [9.17, 15) is 15.2 Å². The fourth-order valence-electron chi connectivity index (χ4n) is 2.73. The van der Waals surface area contributed by atoms with Crippen LogP contribution in [0.4, 0.5) is 5.69 Å². The number of benzene rings is 1. The fraction of sp³-hybridized carbons (Fsp3) is 0.571. The predicted octanol–water partition coefficient (Wildman–Crippen LogP) is 2.41. The van der Waals surface area contributed by atoms with E-state index in [4.69, 9.17) is 0 Å². The van der Waals surface area contributed by atoms with Gasteiger partial charge in [0.15, 0.2) is 0 Å². The molecule has 2 N–H and O–H groups in total. The van der Waals surface area contributed by atoms with Crippen LogP contribution >= 0.6 is 0 Å². The number of nitro benzene ring substituents is 1. The second-order valence-electron chi connectivity index (χ2n) is 6.01. The maximum Gasteiger partial charge on any atom is 0.275 e. The maximum absolute atomic E-state index is 10.9. The molecule has 2 unspecified atom stereocenters. The summed E-state index contributed by atoms with van der Waals surface area (Å²) in [5.74, 6) is 0. The molecule has 5 nitrogen and oxygen atoms in total. The molecule has 19 heavy (non-hydrogen) atoms. The summed E-state index contributed by atoms with van der Waals surface area (Å²) in [5.41, 5.74) is 0.624. The number of aliphatic hydroxyl groups excluding tert-OH is 1. The Morgan fingerprint density at radius 3 is 2.79 bits per heavy atom. The van der Waals surface area contributed by atoms with Crippen LogP contribution < -0.4 is 5.32 Å². The first kappa shape index (κ1) is 14.0. The van der Waals surface area contributed by atoms with Crippen molar-refractivity contribution in [2.45, 2.75) is 38.8 Å². The lowest BCUT2D eigenvalue weighted by molar-refractivity contribution is -0.386. The van der Waals surface area contributed by atoms with Gasteiger partial charge in [-0.05, 0) is 24.3 Å². The molecular weight excluding hydrogens is 244 g/mol. The van der Waals surface area contributed by atoms with Gasteiger partial charge in [0.1, 0.15) is 0 Å². The van der Waals surface area contributed by atoms with Gasteiger partial charge in [-0.15, -0.1) is 0 Å². The first-order chi connectivity index (χ1) is 8.89. The molecule has 0 amide bonds. The molecule has 104 valence electrons. The Morgan fingerprint density at radius 2 is 2.21 bits per heavy atom. The van der Waals surface area contributed by atoms with Gasteiger partial charge in [0, 0.05) is 18.7 Å². The van der Waals surface area contributed by atoms with Gasteiger partial charge in [0.25, 0.3) is 5.69 Å². The molecule has 0 aromatic heterocycles. The Morgan fingerprint density at radius 1 is 1.53 bits per heavy atom. The van der Waals surface area contributed by atoms with Gasteiger partial charge in [-0.1, -0.05) is 26.0 Å². The van der Waals surface area contributed by atoms with Crippen molar-refractivity contribution in [2.24, 2.45) is 5.41 Å². The van der Waals surface area contributed by atoms with Gasteiger partial charge in [-0.2, -0.15) is 0 Å². The number of hydrogen-bond donors (Lipinski definition) is 2. The molecule has 1 aliphatic heterocycles. The molecule has 1 aromatic rings. The zero-order chi connectivity index (χ0) is 14.0. The third kappa shape index (κ3) is 3.30. The predicted molar refractivity (Wildman–Crippen MR) is 72.9 cm³/mol. The molecule has 1 fully saturated rings. The van der Waals surface area contributed by atoms with E-state index in [0.29, 0.717) is 12.0 Å². The summed E-state index contributed by atoms with van der Waals surface area (Å²) in [7, 11) is 0. The first-order valence-electron chi connectivity index (χ1n) is 6.54. The normalized spacial score (nSPS) is 23.2. The van der Waals surface area contributed by atoms with Crippen molar-refractivity contribution in [3.8, 4) is 0 Å². The Labute approximate surface area is 112 Å². The van der Waals surface area contributed by atoms with E-state index in [1.807, 2.05) is 0 Å². The van der Waals surface area contributed by atoms with Crippen molar-refractivity contribution in [1.82, 2.24) is 5.32 Å². The smallest absolute Gasteiger partial charge is 0.275 e. The fourth-order valence-corrected chi connectivity index (χ4v) is 2.73. The lowest BCUT2D eigenvalue weighted by Crippen LogP contribution is -2.24. The highest BCUT2D eigenvalue weighted by Crippen LogP contribution is 2.33. The largest absolute Gasteiger partial charge is 0.388 e. The summed E-state index contributed by atoms with van der Waals surface area (Å²) < 4.78 is 0. The Hall–Kier alpha value is -1.46. The second-order valence-corrected chi connectivity index (χ2v) is 6.01. The molecule has 1 aliphatic rings. The van der Waals surface area contributed by atoms with E-state index in [2.05, 4.69) is 19.2 Å². The number of nitrogens with one attached hydrogen (secondary N) is 1. The van der Waals surface area contributed by atoms with E-state index in [1.165, 1.54) is 6.07 Å². The van der Waals surface area contributed by atoms with Crippen LogP contribution in [0.25, 0.3) is 0 Å². The average molecular weight is 264 g/mol. The zero-order valence-electron chi connectivity index (χ0n) is 11.3. The van der Waals surface area contributed by atoms with Crippen LogP contribution in [0.3, 0.4) is 0 Å². The molecule has 0 spiro atoms. The zero-order valence-corrected chi connectivity index (χ0v) is 11.3. The SMILES string of the molecule is CC1(C)CNC(CC(O)c2ccccc2[N+](=O)[O-])C1. The molecule has 1 heterocycles. The van der Waals surface area contributed by atoms with Gasteiger partial charge in [-0.25, -0.2) is 0 Å². The minimum atomic E-state index is -0.798. The van der Waals surface area contributed by atoms with Crippen LogP contribution in [-0.4, -0.2) is 22.6 Å². The molecule has 5 heteroatoms. The Bertz CT molecular complexity index is 474. The molecule has 1 saturated heterocycles. The Kier molecular flexibility index (Phi) is 3.87. The first-order valence-corrected chi connectivity index (χ1v) is 6.54. The molecule has 2 rings (SSSR count). The van der Waals surface area contributed by atoms with E-state index in [0.717, 1.165) is 13.0 Å². The summed E-state index contributed by atoms with van der Waals surface area (Å²) in [6, 6.07) is 6.61. The quantitative estimate of drug-likeness (QED) is 0.647.